The summed E-state index contributed by atoms with van der Waals surface area (Å²) in [4.78, 5) is 4.50. The van der Waals surface area contributed by atoms with Crippen LogP contribution >= 0.6 is 0 Å². The fourth-order valence-electron chi connectivity index (χ4n) is 2.61. The van der Waals surface area contributed by atoms with Gasteiger partial charge in [-0.3, -0.25) is 0 Å². The second kappa shape index (κ2) is 3.49. The number of imidazole rings is 1. The van der Waals surface area contributed by atoms with Crippen molar-refractivity contribution in [3.8, 4) is 0 Å². The average Bonchev–Trinajstić information content (AvgIpc) is 3.02. The van der Waals surface area contributed by atoms with E-state index in [1.165, 1.54) is 30.3 Å². The van der Waals surface area contributed by atoms with Crippen LogP contribution in [0.3, 0.4) is 0 Å². The third kappa shape index (κ3) is 1.61. The molecule has 1 aromatic carbocycles. The van der Waals surface area contributed by atoms with E-state index in [9.17, 15) is 0 Å². The minimum Gasteiger partial charge on any atom is -0.369 e. The number of hydrogen-bond donors (Lipinski definition) is 1. The Morgan fingerprint density at radius 3 is 2.82 bits per heavy atom. The molecule has 1 aromatic heterocycles. The molecule has 1 fully saturated rings. The summed E-state index contributed by atoms with van der Waals surface area (Å²) in [6.45, 7) is 5.38. The Morgan fingerprint density at radius 1 is 1.41 bits per heavy atom. The molecule has 0 saturated heterocycles. The number of hydrogen-bond acceptors (Lipinski definition) is 2. The van der Waals surface area contributed by atoms with Crippen LogP contribution in [-0.2, 0) is 6.54 Å². The van der Waals surface area contributed by atoms with Gasteiger partial charge in [0, 0.05) is 6.54 Å². The van der Waals surface area contributed by atoms with Gasteiger partial charge in [0.25, 0.3) is 0 Å². The highest BCUT2D eigenvalue weighted by Crippen LogP contribution is 2.50. The highest BCUT2D eigenvalue weighted by molar-refractivity contribution is 5.81. The summed E-state index contributed by atoms with van der Waals surface area (Å²) in [6, 6.07) is 6.30. The van der Waals surface area contributed by atoms with Crippen LogP contribution in [0.5, 0.6) is 0 Å². The summed E-state index contributed by atoms with van der Waals surface area (Å²) in [5, 5.41) is 0. The molecule has 1 aliphatic rings. The van der Waals surface area contributed by atoms with Crippen molar-refractivity contribution >= 4 is 17.0 Å². The van der Waals surface area contributed by atoms with Gasteiger partial charge in [0.1, 0.15) is 0 Å². The fourth-order valence-corrected chi connectivity index (χ4v) is 2.61. The predicted octanol–water partition coefficient (Wildman–Crippen LogP) is 3.12. The number of anilines is 1. The first kappa shape index (κ1) is 10.6. The van der Waals surface area contributed by atoms with Gasteiger partial charge in [0.05, 0.1) is 11.0 Å². The number of rotatable bonds is 3. The number of fused-ring (bicyclic) bond motifs is 1. The van der Waals surface area contributed by atoms with Crippen LogP contribution in [0.2, 0.25) is 0 Å². The van der Waals surface area contributed by atoms with E-state index in [2.05, 4.69) is 41.6 Å². The first-order valence-corrected chi connectivity index (χ1v) is 6.36. The largest absolute Gasteiger partial charge is 0.369 e. The van der Waals surface area contributed by atoms with Gasteiger partial charge in [0.2, 0.25) is 5.95 Å². The number of para-hydroxylation sites is 1. The highest BCUT2D eigenvalue weighted by atomic mass is 15.2. The first-order chi connectivity index (χ1) is 8.15. The third-order valence-corrected chi connectivity index (χ3v) is 4.21. The number of nitrogens with two attached hydrogens (primary N) is 1. The Hall–Kier alpha value is -1.51. The average molecular weight is 229 g/mol. The molecule has 0 radical (unpaired) electrons. The Balaban J connectivity index is 2.09. The zero-order chi connectivity index (χ0) is 12.0. The molecule has 0 spiro atoms. The van der Waals surface area contributed by atoms with Gasteiger partial charge in [-0.1, -0.05) is 19.1 Å². The monoisotopic (exact) mass is 229 g/mol. The maximum absolute atomic E-state index is 6.06. The molecule has 0 atom stereocenters. The lowest BCUT2D eigenvalue weighted by Crippen LogP contribution is -2.12. The summed E-state index contributed by atoms with van der Waals surface area (Å²) in [6.07, 6.45) is 3.89. The smallest absolute Gasteiger partial charge is 0.201 e. The Labute approximate surface area is 102 Å². The van der Waals surface area contributed by atoms with E-state index in [1.807, 2.05) is 0 Å². The van der Waals surface area contributed by atoms with E-state index in [0.717, 1.165) is 12.1 Å². The van der Waals surface area contributed by atoms with Crippen molar-refractivity contribution < 1.29 is 0 Å². The molecule has 90 valence electrons. The molecule has 0 amide bonds. The summed E-state index contributed by atoms with van der Waals surface area (Å²) in [7, 11) is 0. The number of nitrogen functional groups attached to an aromatic ring is 1. The number of nitrogens with zero attached hydrogens (tertiary/aromatic N) is 2. The highest BCUT2D eigenvalue weighted by Gasteiger charge is 2.41. The SMILES string of the molecule is CCC1(Cn2c(N)nc3c(C)cccc32)CC1. The van der Waals surface area contributed by atoms with Crippen molar-refractivity contribution in [3.63, 3.8) is 0 Å². The molecule has 3 rings (SSSR count). The lowest BCUT2D eigenvalue weighted by atomic mass is 10.0. The first-order valence-electron chi connectivity index (χ1n) is 6.36. The summed E-state index contributed by atoms with van der Waals surface area (Å²) in [5.74, 6) is 0.661. The van der Waals surface area contributed by atoms with Crippen LogP contribution in [0.4, 0.5) is 5.95 Å². The van der Waals surface area contributed by atoms with Crippen LogP contribution in [0, 0.1) is 12.3 Å². The Bertz CT molecular complexity index is 564. The molecule has 1 aliphatic carbocycles. The molecule has 0 unspecified atom stereocenters. The lowest BCUT2D eigenvalue weighted by Gasteiger charge is -2.15. The quantitative estimate of drug-likeness (QED) is 0.878. The summed E-state index contributed by atoms with van der Waals surface area (Å²) < 4.78 is 2.19. The molecule has 1 heterocycles. The molecular weight excluding hydrogens is 210 g/mol. The molecule has 3 heteroatoms. The molecule has 17 heavy (non-hydrogen) atoms. The van der Waals surface area contributed by atoms with E-state index in [-0.39, 0.29) is 0 Å². The second-order valence-corrected chi connectivity index (χ2v) is 5.35. The number of aryl methyl sites for hydroxylation is 1. The maximum atomic E-state index is 6.06. The maximum Gasteiger partial charge on any atom is 0.201 e. The second-order valence-electron chi connectivity index (χ2n) is 5.35. The Morgan fingerprint density at radius 2 is 2.18 bits per heavy atom. The number of aromatic nitrogens is 2. The van der Waals surface area contributed by atoms with E-state index < -0.39 is 0 Å². The fraction of sp³-hybridized carbons (Fsp3) is 0.500. The third-order valence-electron chi connectivity index (χ3n) is 4.21. The minimum atomic E-state index is 0.492. The molecule has 1 saturated carbocycles. The van der Waals surface area contributed by atoms with Gasteiger partial charge in [0.15, 0.2) is 0 Å². The molecular formula is C14H19N3. The number of benzene rings is 1. The van der Waals surface area contributed by atoms with Gasteiger partial charge in [-0.2, -0.15) is 0 Å². The molecule has 2 aromatic rings. The van der Waals surface area contributed by atoms with E-state index >= 15 is 0 Å². The van der Waals surface area contributed by atoms with Crippen LogP contribution in [-0.4, -0.2) is 9.55 Å². The van der Waals surface area contributed by atoms with Crippen molar-refractivity contribution in [3.05, 3.63) is 23.8 Å². The van der Waals surface area contributed by atoms with Crippen molar-refractivity contribution in [2.24, 2.45) is 5.41 Å². The topological polar surface area (TPSA) is 43.8 Å². The van der Waals surface area contributed by atoms with E-state index in [4.69, 9.17) is 5.73 Å². The van der Waals surface area contributed by atoms with Gasteiger partial charge < -0.3 is 10.3 Å². The zero-order valence-corrected chi connectivity index (χ0v) is 10.5. The molecule has 0 aliphatic heterocycles. The van der Waals surface area contributed by atoms with E-state index in [1.54, 1.807) is 0 Å². The molecule has 0 bridgehead atoms. The van der Waals surface area contributed by atoms with Gasteiger partial charge in [-0.25, -0.2) is 4.98 Å². The predicted molar refractivity (Wildman–Crippen MR) is 70.8 cm³/mol. The zero-order valence-electron chi connectivity index (χ0n) is 10.5. The summed E-state index contributed by atoms with van der Waals surface area (Å²) in [5.41, 5.74) is 9.99. The van der Waals surface area contributed by atoms with Crippen LogP contribution in [0.1, 0.15) is 31.7 Å². The van der Waals surface area contributed by atoms with Crippen molar-refractivity contribution in [2.75, 3.05) is 5.73 Å². The van der Waals surface area contributed by atoms with Gasteiger partial charge in [-0.05, 0) is 43.2 Å². The van der Waals surface area contributed by atoms with Crippen LogP contribution < -0.4 is 5.73 Å². The van der Waals surface area contributed by atoms with Gasteiger partial charge in [-0.15, -0.1) is 0 Å². The van der Waals surface area contributed by atoms with Crippen LogP contribution in [0.25, 0.3) is 11.0 Å². The minimum absolute atomic E-state index is 0.492. The lowest BCUT2D eigenvalue weighted by molar-refractivity contribution is 0.418. The molecule has 2 N–H and O–H groups in total. The van der Waals surface area contributed by atoms with E-state index in [0.29, 0.717) is 11.4 Å². The summed E-state index contributed by atoms with van der Waals surface area (Å²) >= 11 is 0. The Kier molecular flexibility index (Phi) is 2.18. The van der Waals surface area contributed by atoms with Crippen molar-refractivity contribution in [2.45, 2.75) is 39.7 Å². The van der Waals surface area contributed by atoms with Crippen molar-refractivity contribution in [1.29, 1.82) is 0 Å². The van der Waals surface area contributed by atoms with Crippen molar-refractivity contribution in [1.82, 2.24) is 9.55 Å². The van der Waals surface area contributed by atoms with Crippen LogP contribution in [0.15, 0.2) is 18.2 Å². The molecule has 3 nitrogen and oxygen atoms in total. The van der Waals surface area contributed by atoms with Gasteiger partial charge >= 0.3 is 0 Å². The normalized spacial score (nSPS) is 17.5. The standard InChI is InChI=1S/C14H19N3/c1-3-14(7-8-14)9-17-11-6-4-5-10(2)12(11)16-13(17)15/h4-6H,3,7-9H2,1-2H3,(H2,15,16).